The first kappa shape index (κ1) is 25.3. The molecule has 188 valence electrons. The molecule has 0 saturated carbocycles. The van der Waals surface area contributed by atoms with Crippen LogP contribution in [-0.2, 0) is 24.1 Å². The Morgan fingerprint density at radius 3 is 2.72 bits per heavy atom. The summed E-state index contributed by atoms with van der Waals surface area (Å²) in [5.74, 6) is 0.626. The molecule has 0 spiro atoms. The van der Waals surface area contributed by atoms with E-state index in [4.69, 9.17) is 4.74 Å². The Hall–Kier alpha value is -3.78. The Kier molecular flexibility index (Phi) is 8.28. The van der Waals surface area contributed by atoms with Gasteiger partial charge in [0.05, 0.1) is 19.0 Å². The van der Waals surface area contributed by atoms with Crippen molar-refractivity contribution in [1.29, 1.82) is 0 Å². The van der Waals surface area contributed by atoms with E-state index in [1.165, 1.54) is 12.3 Å². The predicted octanol–water partition coefficient (Wildman–Crippen LogP) is 3.88. The largest absolute Gasteiger partial charge is 0.496 e. The number of ether oxygens (including phenoxy) is 1. The maximum Gasteiger partial charge on any atom is 0.247 e. The summed E-state index contributed by atoms with van der Waals surface area (Å²) in [4.78, 5) is 25.0. The van der Waals surface area contributed by atoms with Gasteiger partial charge in [-0.25, -0.2) is 14.4 Å². The molecule has 2 heterocycles. The topological polar surface area (TPSA) is 70.6 Å². The quantitative estimate of drug-likeness (QED) is 0.460. The number of hydrogen-bond acceptors (Lipinski definition) is 6. The van der Waals surface area contributed by atoms with Crippen LogP contribution in [0.15, 0.2) is 61.3 Å². The third-order valence-corrected chi connectivity index (χ3v) is 6.38. The summed E-state index contributed by atoms with van der Waals surface area (Å²) in [6.07, 6.45) is 3.90. The van der Waals surface area contributed by atoms with Gasteiger partial charge in [0, 0.05) is 55.6 Å². The molecule has 0 unspecified atom stereocenters. The van der Waals surface area contributed by atoms with Crippen molar-refractivity contribution in [2.75, 3.05) is 50.6 Å². The summed E-state index contributed by atoms with van der Waals surface area (Å²) in [7, 11) is 3.80. The molecule has 1 amide bonds. The molecular formula is C28H32FN5O2. The highest BCUT2D eigenvalue weighted by Gasteiger charge is 2.17. The van der Waals surface area contributed by atoms with Crippen LogP contribution in [0, 0.1) is 5.82 Å². The van der Waals surface area contributed by atoms with Crippen molar-refractivity contribution in [3.8, 4) is 5.75 Å². The number of nitrogens with one attached hydrogen (secondary N) is 1. The lowest BCUT2D eigenvalue weighted by Gasteiger charge is -2.34. The van der Waals surface area contributed by atoms with E-state index in [-0.39, 0.29) is 5.91 Å². The molecule has 1 saturated heterocycles. The van der Waals surface area contributed by atoms with Crippen molar-refractivity contribution < 1.29 is 13.9 Å². The molecule has 1 aliphatic rings. The summed E-state index contributed by atoms with van der Waals surface area (Å²) in [6.45, 7) is 7.48. The Morgan fingerprint density at radius 1 is 1.17 bits per heavy atom. The minimum absolute atomic E-state index is 0.273. The Labute approximate surface area is 211 Å². The number of amides is 1. The van der Waals surface area contributed by atoms with Gasteiger partial charge in [0.2, 0.25) is 5.91 Å². The lowest BCUT2D eigenvalue weighted by Crippen LogP contribution is -2.44. The second kappa shape index (κ2) is 11.8. The zero-order valence-electron chi connectivity index (χ0n) is 20.8. The maximum atomic E-state index is 14.5. The molecule has 1 aromatic heterocycles. The van der Waals surface area contributed by atoms with Crippen molar-refractivity contribution in [1.82, 2.24) is 14.9 Å². The van der Waals surface area contributed by atoms with Gasteiger partial charge >= 0.3 is 0 Å². The molecule has 0 radical (unpaired) electrons. The van der Waals surface area contributed by atoms with Crippen LogP contribution >= 0.6 is 0 Å². The number of likely N-dealkylation sites (N-methyl/N-ethyl adjacent to an activating group) is 1. The SMILES string of the molecule is C=CC(=O)Nc1cccc(CCc2nc(Cc3ccc(N4CCN(C)CC4)cc3OC)ncc2F)c1. The molecule has 1 aliphatic heterocycles. The first-order valence-electron chi connectivity index (χ1n) is 12.1. The Balaban J connectivity index is 1.44. The lowest BCUT2D eigenvalue weighted by atomic mass is 10.1. The zero-order chi connectivity index (χ0) is 25.5. The van der Waals surface area contributed by atoms with E-state index < -0.39 is 5.82 Å². The smallest absolute Gasteiger partial charge is 0.247 e. The molecular weight excluding hydrogens is 457 g/mol. The fourth-order valence-electron chi connectivity index (χ4n) is 4.28. The van der Waals surface area contributed by atoms with E-state index in [2.05, 4.69) is 50.8 Å². The number of carbonyl (C=O) groups excluding carboxylic acids is 1. The van der Waals surface area contributed by atoms with Crippen molar-refractivity contribution in [3.63, 3.8) is 0 Å². The van der Waals surface area contributed by atoms with Crippen LogP contribution in [0.5, 0.6) is 5.75 Å². The fraction of sp³-hybridized carbons (Fsp3) is 0.321. The summed E-state index contributed by atoms with van der Waals surface area (Å²) in [6, 6.07) is 13.7. The number of rotatable bonds is 9. The van der Waals surface area contributed by atoms with Gasteiger partial charge in [-0.3, -0.25) is 4.79 Å². The first-order valence-corrected chi connectivity index (χ1v) is 12.1. The van der Waals surface area contributed by atoms with Gasteiger partial charge in [-0.15, -0.1) is 0 Å². The number of anilines is 2. The third kappa shape index (κ3) is 6.46. The van der Waals surface area contributed by atoms with Gasteiger partial charge in [-0.2, -0.15) is 0 Å². The normalized spacial score (nSPS) is 13.9. The highest BCUT2D eigenvalue weighted by molar-refractivity contribution is 5.98. The van der Waals surface area contributed by atoms with E-state index in [1.54, 1.807) is 13.2 Å². The molecule has 0 bridgehead atoms. The summed E-state index contributed by atoms with van der Waals surface area (Å²) in [5, 5.41) is 2.74. The number of carbonyl (C=O) groups is 1. The van der Waals surface area contributed by atoms with Gasteiger partial charge in [-0.1, -0.05) is 24.8 Å². The average molecular weight is 490 g/mol. The van der Waals surface area contributed by atoms with Gasteiger partial charge in [0.25, 0.3) is 0 Å². The molecule has 1 N–H and O–H groups in total. The van der Waals surface area contributed by atoms with E-state index >= 15 is 0 Å². The highest BCUT2D eigenvalue weighted by atomic mass is 19.1. The van der Waals surface area contributed by atoms with Crippen LogP contribution in [-0.4, -0.2) is 61.1 Å². The average Bonchev–Trinajstić information content (AvgIpc) is 2.89. The predicted molar refractivity (Wildman–Crippen MR) is 140 cm³/mol. The number of piperazine rings is 1. The molecule has 3 aromatic rings. The number of aromatic nitrogens is 2. The number of halogens is 1. The van der Waals surface area contributed by atoms with Crippen LogP contribution in [0.4, 0.5) is 15.8 Å². The van der Waals surface area contributed by atoms with Crippen molar-refractivity contribution in [3.05, 3.63) is 89.8 Å². The van der Waals surface area contributed by atoms with Crippen molar-refractivity contribution in [2.24, 2.45) is 0 Å². The molecule has 8 heteroatoms. The van der Waals surface area contributed by atoms with E-state index in [9.17, 15) is 9.18 Å². The number of hydrogen-bond donors (Lipinski definition) is 1. The highest BCUT2D eigenvalue weighted by Crippen LogP contribution is 2.28. The molecule has 36 heavy (non-hydrogen) atoms. The van der Waals surface area contributed by atoms with Crippen LogP contribution in [0.3, 0.4) is 0 Å². The van der Waals surface area contributed by atoms with Gasteiger partial charge in [0.15, 0.2) is 5.82 Å². The number of aryl methyl sites for hydroxylation is 2. The molecule has 4 rings (SSSR count). The maximum absolute atomic E-state index is 14.5. The Bertz CT molecular complexity index is 1220. The van der Waals surface area contributed by atoms with E-state index in [0.29, 0.717) is 36.5 Å². The summed E-state index contributed by atoms with van der Waals surface area (Å²) < 4.78 is 20.2. The van der Waals surface area contributed by atoms with Crippen LogP contribution in [0.2, 0.25) is 0 Å². The molecule has 1 fully saturated rings. The molecule has 2 aromatic carbocycles. The van der Waals surface area contributed by atoms with Crippen LogP contribution in [0.1, 0.15) is 22.6 Å². The fourth-order valence-corrected chi connectivity index (χ4v) is 4.28. The first-order chi connectivity index (χ1) is 17.4. The number of benzene rings is 2. The molecule has 0 aliphatic carbocycles. The minimum Gasteiger partial charge on any atom is -0.496 e. The Morgan fingerprint density at radius 2 is 1.97 bits per heavy atom. The zero-order valence-corrected chi connectivity index (χ0v) is 20.8. The summed E-state index contributed by atoms with van der Waals surface area (Å²) >= 11 is 0. The molecule has 7 nitrogen and oxygen atoms in total. The van der Waals surface area contributed by atoms with Gasteiger partial charge < -0.3 is 19.9 Å². The van der Waals surface area contributed by atoms with Crippen LogP contribution < -0.4 is 15.0 Å². The van der Waals surface area contributed by atoms with E-state index in [1.807, 2.05) is 24.3 Å². The third-order valence-electron chi connectivity index (χ3n) is 6.38. The second-order valence-corrected chi connectivity index (χ2v) is 8.94. The number of methoxy groups -OCH3 is 1. The van der Waals surface area contributed by atoms with Crippen molar-refractivity contribution in [2.45, 2.75) is 19.3 Å². The minimum atomic E-state index is -0.424. The van der Waals surface area contributed by atoms with Crippen molar-refractivity contribution >= 4 is 17.3 Å². The van der Waals surface area contributed by atoms with Crippen LogP contribution in [0.25, 0.3) is 0 Å². The summed E-state index contributed by atoms with van der Waals surface area (Å²) in [5.41, 5.74) is 4.11. The standard InChI is InChI=1S/C28H32FN5O2/c1-4-28(35)31-22-7-5-6-20(16-22)8-11-25-24(29)19-30-27(32-25)17-21-9-10-23(18-26(21)36-3)34-14-12-33(2)13-15-34/h4-7,9-10,16,18-19H,1,8,11-15,17H2,2-3H3,(H,31,35). The van der Waals surface area contributed by atoms with Gasteiger partial charge in [-0.05, 0) is 49.7 Å². The van der Waals surface area contributed by atoms with E-state index in [0.717, 1.165) is 48.7 Å². The lowest BCUT2D eigenvalue weighted by molar-refractivity contribution is -0.111. The number of nitrogens with zero attached hydrogens (tertiary/aromatic N) is 4. The molecule has 0 atom stereocenters. The van der Waals surface area contributed by atoms with Gasteiger partial charge in [0.1, 0.15) is 11.6 Å². The second-order valence-electron chi connectivity index (χ2n) is 8.94. The monoisotopic (exact) mass is 489 g/mol.